The van der Waals surface area contributed by atoms with E-state index < -0.39 is 41.2 Å². The molecule has 4 rings (SSSR count). The van der Waals surface area contributed by atoms with Crippen LogP contribution in [0.2, 0.25) is 15.1 Å². The number of benzene rings is 1. The predicted octanol–water partition coefficient (Wildman–Crippen LogP) is 4.37. The number of nitrogens with one attached hydrogen (secondary N) is 1. The Labute approximate surface area is 282 Å². The lowest BCUT2D eigenvalue weighted by Crippen LogP contribution is -2.70. The minimum atomic E-state index is -1.19. The van der Waals surface area contributed by atoms with Gasteiger partial charge in [-0.25, -0.2) is 9.36 Å². The molecule has 0 aliphatic carbocycles. The van der Waals surface area contributed by atoms with Crippen molar-refractivity contribution in [1.82, 2.24) is 10.2 Å². The van der Waals surface area contributed by atoms with Gasteiger partial charge in [-0.3, -0.25) is 19.3 Å². The van der Waals surface area contributed by atoms with Crippen molar-refractivity contribution < 1.29 is 34.0 Å². The highest BCUT2D eigenvalue weighted by atomic mass is 35.5. The van der Waals surface area contributed by atoms with Gasteiger partial charge in [0.15, 0.2) is 11.4 Å². The Morgan fingerprint density at radius 3 is 2.39 bits per heavy atom. The number of aryl methyl sites for hydroxylation is 2. The fourth-order valence-corrected chi connectivity index (χ4v) is 8.96. The molecular weight excluding hydrogens is 691 g/mol. The summed E-state index contributed by atoms with van der Waals surface area (Å²) in [6, 6.07) is 5.34. The van der Waals surface area contributed by atoms with Crippen LogP contribution in [0.5, 0.6) is 0 Å². The monoisotopic (exact) mass is 719 g/mol. The Kier molecular flexibility index (Phi) is 11.8. The number of nitrogens with two attached hydrogens (primary N) is 1. The smallest absolute Gasteiger partial charge is 0.352 e. The van der Waals surface area contributed by atoms with Crippen LogP contribution in [0.3, 0.4) is 0 Å². The molecule has 0 unspecified atom stereocenters. The summed E-state index contributed by atoms with van der Waals surface area (Å²) in [5.74, 6) is -2.31. The summed E-state index contributed by atoms with van der Waals surface area (Å²) in [4.78, 5) is 51.8. The van der Waals surface area contributed by atoms with Crippen molar-refractivity contribution in [2.24, 2.45) is 5.73 Å². The molecule has 0 bridgehead atoms. The topological polar surface area (TPSA) is 154 Å². The van der Waals surface area contributed by atoms with Crippen molar-refractivity contribution in [3.05, 3.63) is 62.0 Å². The van der Waals surface area contributed by atoms with Crippen LogP contribution in [0.15, 0.2) is 45.3 Å². The van der Waals surface area contributed by atoms with E-state index in [1.165, 1.54) is 34.5 Å². The normalized spacial score (nSPS) is 18.5. The van der Waals surface area contributed by atoms with Crippen LogP contribution in [0.25, 0.3) is 0 Å². The van der Waals surface area contributed by atoms with E-state index in [2.05, 4.69) is 9.88 Å². The van der Waals surface area contributed by atoms with Crippen LogP contribution in [0.4, 0.5) is 0 Å². The number of hydrogen-bond acceptors (Lipinski definition) is 8. The van der Waals surface area contributed by atoms with Crippen LogP contribution < -0.4 is 15.6 Å². The third-order valence-electron chi connectivity index (χ3n) is 7.08. The molecule has 1 aromatic carbocycles. The highest BCUT2D eigenvalue weighted by molar-refractivity contribution is 8.01. The number of β-lactam (4-membered cyclic amide) rings is 1. The van der Waals surface area contributed by atoms with E-state index in [0.717, 1.165) is 28.0 Å². The number of carbonyl (C=O) groups is 4. The number of fused-ring (bicyclic) bond motifs is 1. The molecule has 1 fully saturated rings. The Morgan fingerprint density at radius 2 is 1.75 bits per heavy atom. The van der Waals surface area contributed by atoms with Crippen LogP contribution in [-0.2, 0) is 25.7 Å². The third-order valence-corrected chi connectivity index (χ3v) is 11.7. The van der Waals surface area contributed by atoms with Gasteiger partial charge in [-0.15, -0.1) is 35.3 Å². The van der Waals surface area contributed by atoms with Crippen molar-refractivity contribution in [2.45, 2.75) is 60.5 Å². The second-order valence-electron chi connectivity index (χ2n) is 10.2. The summed E-state index contributed by atoms with van der Waals surface area (Å²) in [6.45, 7) is 4.55. The van der Waals surface area contributed by atoms with Crippen molar-refractivity contribution in [1.29, 1.82) is 0 Å². The second-order valence-corrected chi connectivity index (χ2v) is 14.6. The van der Waals surface area contributed by atoms with Crippen molar-refractivity contribution in [3.8, 4) is 0 Å². The molecule has 0 spiro atoms. The number of nitrogens with zero attached hydrogens (tertiary/aromatic N) is 2. The number of thioether (sulfide) groups is 3. The van der Waals surface area contributed by atoms with Crippen molar-refractivity contribution in [2.75, 3.05) is 17.3 Å². The quantitative estimate of drug-likeness (QED) is 0.102. The first-order valence-corrected chi connectivity index (χ1v) is 17.5. The molecule has 5 N–H and O–H groups in total. The number of aromatic nitrogens is 1. The van der Waals surface area contributed by atoms with Crippen LogP contribution in [-0.4, -0.2) is 73.6 Å². The van der Waals surface area contributed by atoms with E-state index in [9.17, 15) is 24.3 Å². The lowest BCUT2D eigenvalue weighted by molar-refractivity contribution is -0.709. The molecule has 2 aromatic rings. The van der Waals surface area contributed by atoms with E-state index >= 15 is 0 Å². The molecule has 3 atom stereocenters. The molecule has 16 heteroatoms. The van der Waals surface area contributed by atoms with Crippen molar-refractivity contribution >= 4 is 93.8 Å². The average Bonchev–Trinajstić information content (AvgIpc) is 2.96. The van der Waals surface area contributed by atoms with Crippen LogP contribution >= 0.6 is 70.1 Å². The standard InChI is InChI=1S/C28H29Cl3N4O6S3/c1-13-6-16(7-14(2)34(13)5-3-4-20(32)27(38)39)42-10-15-11-44-26-23(25(37)35(26)24(15)28(40)41)33-22(36)12-43-21-9-18(30)17(29)8-19(21)31/h6-9,20,23,26H,3-5,10-12,32H2,1-2H3,(H2-,33,36,38,39,40,41)/p+1/t20-,23-,26+/m0/s1. The Hall–Kier alpha value is -2.13. The van der Waals surface area contributed by atoms with Gasteiger partial charge in [0.05, 0.1) is 20.8 Å². The van der Waals surface area contributed by atoms with Crippen molar-refractivity contribution in [3.63, 3.8) is 0 Å². The van der Waals surface area contributed by atoms with Crippen LogP contribution in [0, 0.1) is 13.8 Å². The van der Waals surface area contributed by atoms with Gasteiger partial charge in [0.2, 0.25) is 5.91 Å². The summed E-state index contributed by atoms with van der Waals surface area (Å²) in [7, 11) is 0. The van der Waals surface area contributed by atoms with Gasteiger partial charge in [0, 0.05) is 53.7 Å². The van der Waals surface area contributed by atoms with Gasteiger partial charge in [-0.1, -0.05) is 34.8 Å². The van der Waals surface area contributed by atoms with Gasteiger partial charge in [0.1, 0.15) is 29.7 Å². The molecule has 2 amide bonds. The number of halogens is 3. The summed E-state index contributed by atoms with van der Waals surface area (Å²) >= 11 is 22.2. The highest BCUT2D eigenvalue weighted by Gasteiger charge is 2.54. The second kappa shape index (κ2) is 15.0. The molecular formula is C28H30Cl3N4O6S3+. The largest absolute Gasteiger partial charge is 0.480 e. The summed E-state index contributed by atoms with van der Waals surface area (Å²) in [6.07, 6.45) is 0.990. The molecule has 44 heavy (non-hydrogen) atoms. The fraction of sp³-hybridized carbons (Fsp3) is 0.393. The number of carbonyl (C=O) groups excluding carboxylic acids is 2. The number of amides is 2. The first-order chi connectivity index (χ1) is 20.8. The SMILES string of the molecule is Cc1cc(SCC2=C(C(=O)O)N3C(=O)[C@H](NC(=O)CSc4cc(Cl)c(Cl)cc4Cl)[C@H]3SC2)cc(C)[n+]1CCC[C@H](N)C(=O)O. The van der Waals surface area contributed by atoms with E-state index in [1.54, 1.807) is 6.07 Å². The number of carboxylic acid groups (broad SMARTS) is 2. The maximum absolute atomic E-state index is 13.1. The molecule has 1 saturated heterocycles. The summed E-state index contributed by atoms with van der Waals surface area (Å²) < 4.78 is 2.09. The molecule has 1 aromatic heterocycles. The third kappa shape index (κ3) is 7.98. The molecule has 2 aliphatic heterocycles. The minimum absolute atomic E-state index is 0.0197. The average molecular weight is 721 g/mol. The number of aliphatic carboxylic acids is 2. The van der Waals surface area contributed by atoms with Gasteiger partial charge in [0.25, 0.3) is 5.91 Å². The first-order valence-electron chi connectivity index (χ1n) is 13.4. The van der Waals surface area contributed by atoms with Gasteiger partial charge < -0.3 is 21.3 Å². The molecule has 10 nitrogen and oxygen atoms in total. The molecule has 2 aliphatic rings. The number of pyridine rings is 1. The maximum atomic E-state index is 13.1. The molecule has 236 valence electrons. The molecule has 0 radical (unpaired) electrons. The Balaban J connectivity index is 1.36. The van der Waals surface area contributed by atoms with Gasteiger partial charge in [-0.05, 0) is 24.1 Å². The molecule has 3 heterocycles. The van der Waals surface area contributed by atoms with E-state index in [1.807, 2.05) is 26.0 Å². The molecule has 0 saturated carbocycles. The highest BCUT2D eigenvalue weighted by Crippen LogP contribution is 2.42. The zero-order valence-electron chi connectivity index (χ0n) is 23.6. The zero-order chi connectivity index (χ0) is 32.3. The lowest BCUT2D eigenvalue weighted by atomic mass is 10.0. The summed E-state index contributed by atoms with van der Waals surface area (Å²) in [5.41, 5.74) is 8.17. The minimum Gasteiger partial charge on any atom is -0.480 e. The van der Waals surface area contributed by atoms with Gasteiger partial charge >= 0.3 is 11.9 Å². The van der Waals surface area contributed by atoms with E-state index in [0.29, 0.717) is 56.4 Å². The lowest BCUT2D eigenvalue weighted by Gasteiger charge is -2.49. The predicted molar refractivity (Wildman–Crippen MR) is 174 cm³/mol. The zero-order valence-corrected chi connectivity index (χ0v) is 28.4. The number of rotatable bonds is 13. The number of carboxylic acids is 2. The number of hydrogen-bond donors (Lipinski definition) is 4. The first kappa shape index (κ1) is 34.7. The Morgan fingerprint density at radius 1 is 1.09 bits per heavy atom. The maximum Gasteiger partial charge on any atom is 0.352 e. The van der Waals surface area contributed by atoms with Crippen LogP contribution in [0.1, 0.15) is 24.2 Å². The Bertz CT molecular complexity index is 1520. The van der Waals surface area contributed by atoms with E-state index in [-0.39, 0.29) is 11.4 Å². The van der Waals surface area contributed by atoms with Gasteiger partial charge in [-0.2, -0.15) is 0 Å². The van der Waals surface area contributed by atoms with E-state index in [4.69, 9.17) is 45.6 Å². The fourth-order valence-electron chi connectivity index (χ4n) is 4.85. The summed E-state index contributed by atoms with van der Waals surface area (Å²) in [5, 5.41) is 22.2.